The van der Waals surface area contributed by atoms with Crippen LogP contribution in [0.5, 0.6) is 11.5 Å². The van der Waals surface area contributed by atoms with E-state index in [2.05, 4.69) is 4.90 Å². The van der Waals surface area contributed by atoms with Crippen LogP contribution in [-0.4, -0.2) is 66.8 Å². The van der Waals surface area contributed by atoms with Gasteiger partial charge in [0.25, 0.3) is 5.91 Å². The van der Waals surface area contributed by atoms with Gasteiger partial charge < -0.3 is 14.4 Å². The van der Waals surface area contributed by atoms with Crippen LogP contribution in [0.15, 0.2) is 36.4 Å². The molecule has 2 aromatic rings. The van der Waals surface area contributed by atoms with Gasteiger partial charge >= 0.3 is 5.69 Å². The van der Waals surface area contributed by atoms with E-state index in [1.165, 1.54) is 13.2 Å². The second-order valence-corrected chi connectivity index (χ2v) is 7.45. The zero-order chi connectivity index (χ0) is 22.4. The first-order valence-corrected chi connectivity index (χ1v) is 9.98. The molecule has 1 fully saturated rings. The first-order chi connectivity index (χ1) is 14.9. The van der Waals surface area contributed by atoms with Crippen molar-refractivity contribution in [3.8, 4) is 11.5 Å². The van der Waals surface area contributed by atoms with E-state index >= 15 is 0 Å². The summed E-state index contributed by atoms with van der Waals surface area (Å²) in [5, 5.41) is 12.0. The van der Waals surface area contributed by atoms with Crippen molar-refractivity contribution in [1.29, 1.82) is 0 Å². The Morgan fingerprint density at radius 1 is 1.19 bits per heavy atom. The molecule has 2 aromatic carbocycles. The molecule has 0 saturated carbocycles. The Hall–Kier alpha value is -3.17. The number of hydrogen-bond acceptors (Lipinski definition) is 7. The highest BCUT2D eigenvalue weighted by Crippen LogP contribution is 2.38. The molecule has 0 spiro atoms. The van der Waals surface area contributed by atoms with Gasteiger partial charge in [-0.3, -0.25) is 24.6 Å². The van der Waals surface area contributed by atoms with Crippen molar-refractivity contribution < 1.29 is 24.0 Å². The number of benzene rings is 2. The fraction of sp³-hybridized carbons (Fsp3) is 0.333. The molecule has 0 N–H and O–H groups in total. The average molecular weight is 448 g/mol. The van der Waals surface area contributed by atoms with Crippen LogP contribution in [0, 0.1) is 10.1 Å². The Morgan fingerprint density at radius 2 is 1.87 bits per heavy atom. The predicted octanol–water partition coefficient (Wildman–Crippen LogP) is 2.79. The van der Waals surface area contributed by atoms with Crippen molar-refractivity contribution in [1.82, 2.24) is 9.80 Å². The maximum Gasteiger partial charge on any atom is 0.315 e. The van der Waals surface area contributed by atoms with E-state index in [0.29, 0.717) is 37.5 Å². The molecule has 0 radical (unpaired) electrons. The summed E-state index contributed by atoms with van der Waals surface area (Å²) in [6, 6.07) is 10.1. The van der Waals surface area contributed by atoms with E-state index in [4.69, 9.17) is 21.1 Å². The monoisotopic (exact) mass is 447 g/mol. The Bertz CT molecular complexity index is 958. The molecule has 1 heterocycles. The molecule has 1 amide bonds. The number of carbonyl (C=O) groups excluding carboxylic acids is 2. The topological polar surface area (TPSA) is 102 Å². The van der Waals surface area contributed by atoms with E-state index in [1.807, 2.05) is 24.3 Å². The number of hydrogen-bond donors (Lipinski definition) is 0. The number of methoxy groups -OCH3 is 1. The summed E-state index contributed by atoms with van der Waals surface area (Å²) in [6.45, 7) is 2.85. The van der Waals surface area contributed by atoms with Gasteiger partial charge in [-0.25, -0.2) is 0 Å². The zero-order valence-electron chi connectivity index (χ0n) is 17.0. The van der Waals surface area contributed by atoms with Crippen LogP contribution in [0.2, 0.25) is 5.02 Å². The van der Waals surface area contributed by atoms with Crippen LogP contribution < -0.4 is 9.47 Å². The Labute approximate surface area is 184 Å². The molecule has 1 aliphatic rings. The summed E-state index contributed by atoms with van der Waals surface area (Å²) in [5.41, 5.74) is 0.798. The molecule has 0 atom stereocenters. The number of aldehydes is 1. The number of piperazine rings is 1. The molecule has 3 rings (SSSR count). The van der Waals surface area contributed by atoms with Crippen LogP contribution in [0.1, 0.15) is 15.9 Å². The van der Waals surface area contributed by atoms with E-state index < -0.39 is 10.6 Å². The number of halogens is 1. The molecule has 0 aliphatic carbocycles. The van der Waals surface area contributed by atoms with Gasteiger partial charge in [0.1, 0.15) is 6.29 Å². The summed E-state index contributed by atoms with van der Waals surface area (Å²) in [5.74, 6) is -0.424. The molecule has 1 aliphatic heterocycles. The lowest BCUT2D eigenvalue weighted by atomic mass is 10.2. The summed E-state index contributed by atoms with van der Waals surface area (Å²) >= 11 is 5.91. The smallest absolute Gasteiger partial charge is 0.315 e. The van der Waals surface area contributed by atoms with Crippen LogP contribution in [0.25, 0.3) is 0 Å². The van der Waals surface area contributed by atoms with Crippen LogP contribution in [0.3, 0.4) is 0 Å². The lowest BCUT2D eigenvalue weighted by Gasteiger charge is -2.34. The second kappa shape index (κ2) is 10.2. The number of ether oxygens (including phenoxy) is 2. The third-order valence-corrected chi connectivity index (χ3v) is 5.25. The van der Waals surface area contributed by atoms with Crippen molar-refractivity contribution in [3.63, 3.8) is 0 Å². The van der Waals surface area contributed by atoms with Crippen molar-refractivity contribution >= 4 is 29.5 Å². The highest BCUT2D eigenvalue weighted by atomic mass is 35.5. The fourth-order valence-electron chi connectivity index (χ4n) is 3.34. The maximum absolute atomic E-state index is 12.6. The molecule has 1 saturated heterocycles. The molecule has 0 aromatic heterocycles. The zero-order valence-corrected chi connectivity index (χ0v) is 17.7. The summed E-state index contributed by atoms with van der Waals surface area (Å²) in [4.78, 5) is 38.2. The summed E-state index contributed by atoms with van der Waals surface area (Å²) in [6.07, 6.45) is 0.480. The SMILES string of the molecule is COc1cc(C=O)cc([N+](=O)[O-])c1OCC(=O)N1CCN(Cc2ccc(Cl)cc2)CC1. The van der Waals surface area contributed by atoms with Gasteiger partial charge in [0.05, 0.1) is 12.0 Å². The highest BCUT2D eigenvalue weighted by molar-refractivity contribution is 6.30. The van der Waals surface area contributed by atoms with Gasteiger partial charge in [-0.1, -0.05) is 23.7 Å². The van der Waals surface area contributed by atoms with Crippen LogP contribution in [-0.2, 0) is 11.3 Å². The second-order valence-electron chi connectivity index (χ2n) is 7.02. The molecule has 164 valence electrons. The van der Waals surface area contributed by atoms with E-state index in [0.717, 1.165) is 18.2 Å². The number of nitro benzene ring substituents is 1. The average Bonchev–Trinajstić information content (AvgIpc) is 2.78. The first kappa shape index (κ1) is 22.5. The quantitative estimate of drug-likeness (QED) is 0.348. The molecule has 9 nitrogen and oxygen atoms in total. The number of nitro groups is 1. The normalized spacial score (nSPS) is 14.2. The minimum absolute atomic E-state index is 0.0249. The number of nitrogens with zero attached hydrogens (tertiary/aromatic N) is 3. The van der Waals surface area contributed by atoms with Crippen molar-refractivity contribution in [2.24, 2.45) is 0 Å². The van der Waals surface area contributed by atoms with Crippen LogP contribution >= 0.6 is 11.6 Å². The predicted molar refractivity (Wildman–Crippen MR) is 114 cm³/mol. The fourth-order valence-corrected chi connectivity index (χ4v) is 3.46. The number of carbonyl (C=O) groups is 2. The summed E-state index contributed by atoms with van der Waals surface area (Å²) in [7, 11) is 1.31. The third kappa shape index (κ3) is 5.71. The molecular weight excluding hydrogens is 426 g/mol. The van der Waals surface area contributed by atoms with Gasteiger partial charge in [0.2, 0.25) is 5.75 Å². The van der Waals surface area contributed by atoms with Crippen molar-refractivity contribution in [2.75, 3.05) is 39.9 Å². The molecule has 0 bridgehead atoms. The van der Waals surface area contributed by atoms with Crippen molar-refractivity contribution in [3.05, 3.63) is 62.7 Å². The van der Waals surface area contributed by atoms with Gasteiger partial charge in [-0.2, -0.15) is 0 Å². The van der Waals surface area contributed by atoms with Gasteiger partial charge in [-0.05, 0) is 23.8 Å². The minimum atomic E-state index is -0.676. The molecule has 31 heavy (non-hydrogen) atoms. The van der Waals surface area contributed by atoms with E-state index in [-0.39, 0.29) is 29.6 Å². The highest BCUT2D eigenvalue weighted by Gasteiger charge is 2.26. The van der Waals surface area contributed by atoms with Gasteiger partial charge in [-0.15, -0.1) is 0 Å². The van der Waals surface area contributed by atoms with Crippen LogP contribution in [0.4, 0.5) is 5.69 Å². The maximum atomic E-state index is 12.6. The Morgan fingerprint density at radius 3 is 2.45 bits per heavy atom. The molecular formula is C21H22ClN3O6. The molecule has 0 unspecified atom stereocenters. The third-order valence-electron chi connectivity index (χ3n) is 4.99. The first-order valence-electron chi connectivity index (χ1n) is 9.60. The Balaban J connectivity index is 1.57. The van der Waals surface area contributed by atoms with Crippen molar-refractivity contribution in [2.45, 2.75) is 6.54 Å². The lowest BCUT2D eigenvalue weighted by molar-refractivity contribution is -0.385. The minimum Gasteiger partial charge on any atom is -0.493 e. The van der Waals surface area contributed by atoms with E-state index in [1.54, 1.807) is 4.90 Å². The molecule has 10 heteroatoms. The van der Waals surface area contributed by atoms with Gasteiger partial charge in [0.15, 0.2) is 12.4 Å². The standard InChI is InChI=1S/C21H22ClN3O6/c1-30-19-11-16(13-26)10-18(25(28)29)21(19)31-14-20(27)24-8-6-23(7-9-24)12-15-2-4-17(22)5-3-15/h2-5,10-11,13H,6-9,12,14H2,1H3. The number of rotatable bonds is 8. The van der Waals surface area contributed by atoms with Gasteiger partial charge in [0, 0.05) is 49.4 Å². The largest absolute Gasteiger partial charge is 0.493 e. The number of amides is 1. The Kier molecular flexibility index (Phi) is 7.43. The van der Waals surface area contributed by atoms with E-state index in [9.17, 15) is 19.7 Å². The lowest BCUT2D eigenvalue weighted by Crippen LogP contribution is -2.49. The summed E-state index contributed by atoms with van der Waals surface area (Å²) < 4.78 is 10.6.